The fraction of sp³-hybridized carbons (Fsp3) is 0.250. The van der Waals surface area contributed by atoms with Gasteiger partial charge in [-0.05, 0) is 35.0 Å². The number of benzene rings is 2. The molecule has 0 bridgehead atoms. The highest BCUT2D eigenvalue weighted by Gasteiger charge is 2.36. The predicted molar refractivity (Wildman–Crippen MR) is 82.4 cm³/mol. The van der Waals surface area contributed by atoms with E-state index in [9.17, 15) is 0 Å². The standard InChI is InChI=1S/C16H19NSi/c1-12-9-10-16-14(11-12)17(2)13-7-5-6-8-15(13)18(16,3)4/h5-11H,1-4H3. The molecule has 92 valence electrons. The fourth-order valence-corrected chi connectivity index (χ4v) is 6.09. The molecule has 0 saturated heterocycles. The van der Waals surface area contributed by atoms with Crippen LogP contribution in [0.3, 0.4) is 0 Å². The van der Waals surface area contributed by atoms with Gasteiger partial charge in [-0.25, -0.2) is 0 Å². The maximum absolute atomic E-state index is 2.45. The van der Waals surface area contributed by atoms with Crippen LogP contribution < -0.4 is 15.3 Å². The van der Waals surface area contributed by atoms with E-state index in [4.69, 9.17) is 0 Å². The second-order valence-corrected chi connectivity index (χ2v) is 10.0. The summed E-state index contributed by atoms with van der Waals surface area (Å²) in [5, 5.41) is 3.10. The molecule has 1 aliphatic heterocycles. The van der Waals surface area contributed by atoms with Crippen molar-refractivity contribution in [1.29, 1.82) is 0 Å². The molecule has 1 nitrogen and oxygen atoms in total. The van der Waals surface area contributed by atoms with Gasteiger partial charge in [-0.1, -0.05) is 43.4 Å². The number of anilines is 2. The molecule has 0 N–H and O–H groups in total. The van der Waals surface area contributed by atoms with Gasteiger partial charge in [0.15, 0.2) is 0 Å². The molecule has 1 aliphatic rings. The zero-order valence-electron chi connectivity index (χ0n) is 11.5. The zero-order valence-corrected chi connectivity index (χ0v) is 12.5. The topological polar surface area (TPSA) is 3.24 Å². The Labute approximate surface area is 110 Å². The summed E-state index contributed by atoms with van der Waals surface area (Å²) in [4.78, 5) is 2.34. The Hall–Kier alpha value is -1.54. The van der Waals surface area contributed by atoms with Crippen LogP contribution in [-0.2, 0) is 0 Å². The van der Waals surface area contributed by atoms with Crippen molar-refractivity contribution in [2.45, 2.75) is 20.0 Å². The number of hydrogen-bond donors (Lipinski definition) is 0. The maximum Gasteiger partial charge on any atom is 0.117 e. The zero-order chi connectivity index (χ0) is 12.9. The van der Waals surface area contributed by atoms with Gasteiger partial charge in [0.05, 0.1) is 0 Å². The molecule has 2 aromatic rings. The molecule has 0 amide bonds. The van der Waals surface area contributed by atoms with Gasteiger partial charge in [0.25, 0.3) is 0 Å². The van der Waals surface area contributed by atoms with E-state index in [1.807, 2.05) is 0 Å². The lowest BCUT2D eigenvalue weighted by Gasteiger charge is -2.39. The summed E-state index contributed by atoms with van der Waals surface area (Å²) in [6.07, 6.45) is 0. The summed E-state index contributed by atoms with van der Waals surface area (Å²) in [5.41, 5.74) is 4.11. The van der Waals surface area contributed by atoms with Gasteiger partial charge in [-0.3, -0.25) is 0 Å². The third-order valence-corrected chi connectivity index (χ3v) is 7.67. The van der Waals surface area contributed by atoms with E-state index in [0.29, 0.717) is 0 Å². The summed E-state index contributed by atoms with van der Waals surface area (Å²) >= 11 is 0. The Balaban J connectivity index is 2.33. The van der Waals surface area contributed by atoms with Crippen LogP contribution in [0.25, 0.3) is 0 Å². The van der Waals surface area contributed by atoms with Gasteiger partial charge in [0.2, 0.25) is 0 Å². The molecule has 2 aromatic carbocycles. The molecule has 2 heteroatoms. The van der Waals surface area contributed by atoms with Crippen LogP contribution in [-0.4, -0.2) is 15.1 Å². The third-order valence-electron chi connectivity index (χ3n) is 4.13. The second kappa shape index (κ2) is 3.72. The highest BCUT2D eigenvalue weighted by atomic mass is 28.3. The molecule has 0 fully saturated rings. The molecule has 0 spiro atoms. The summed E-state index contributed by atoms with van der Waals surface area (Å²) in [5.74, 6) is 0. The molecule has 18 heavy (non-hydrogen) atoms. The first-order valence-electron chi connectivity index (χ1n) is 6.46. The van der Waals surface area contributed by atoms with Crippen LogP contribution >= 0.6 is 0 Å². The van der Waals surface area contributed by atoms with E-state index in [-0.39, 0.29) is 0 Å². The first-order valence-corrected chi connectivity index (χ1v) is 9.46. The van der Waals surface area contributed by atoms with Gasteiger partial charge < -0.3 is 4.90 Å². The number of rotatable bonds is 0. The lowest BCUT2D eigenvalue weighted by atomic mass is 10.2. The van der Waals surface area contributed by atoms with Crippen molar-refractivity contribution in [3.63, 3.8) is 0 Å². The van der Waals surface area contributed by atoms with Crippen LogP contribution in [0.2, 0.25) is 13.1 Å². The molecule has 0 radical (unpaired) electrons. The Morgan fingerprint density at radius 3 is 2.33 bits per heavy atom. The van der Waals surface area contributed by atoms with Crippen LogP contribution in [0, 0.1) is 6.92 Å². The number of nitrogens with zero attached hydrogens (tertiary/aromatic N) is 1. The quantitative estimate of drug-likeness (QED) is 0.653. The molecular weight excluding hydrogens is 234 g/mol. The number of para-hydroxylation sites is 1. The third kappa shape index (κ3) is 1.45. The Morgan fingerprint density at radius 1 is 0.889 bits per heavy atom. The van der Waals surface area contributed by atoms with Gasteiger partial charge >= 0.3 is 0 Å². The Bertz CT molecular complexity index is 616. The molecule has 3 rings (SSSR count). The van der Waals surface area contributed by atoms with Crippen molar-refractivity contribution in [1.82, 2.24) is 0 Å². The largest absolute Gasteiger partial charge is 0.345 e. The number of fused-ring (bicyclic) bond motifs is 2. The summed E-state index contributed by atoms with van der Waals surface area (Å²) in [6, 6.07) is 15.8. The van der Waals surface area contributed by atoms with Crippen molar-refractivity contribution in [2.24, 2.45) is 0 Å². The van der Waals surface area contributed by atoms with E-state index in [1.54, 1.807) is 10.4 Å². The van der Waals surface area contributed by atoms with Gasteiger partial charge in [-0.15, -0.1) is 0 Å². The van der Waals surface area contributed by atoms with E-state index >= 15 is 0 Å². The number of aryl methyl sites for hydroxylation is 1. The van der Waals surface area contributed by atoms with Crippen LogP contribution in [0.1, 0.15) is 5.56 Å². The highest BCUT2D eigenvalue weighted by molar-refractivity contribution is 7.02. The van der Waals surface area contributed by atoms with Crippen LogP contribution in [0.4, 0.5) is 11.4 Å². The minimum absolute atomic E-state index is 1.34. The second-order valence-electron chi connectivity index (χ2n) is 5.72. The summed E-state index contributed by atoms with van der Waals surface area (Å²) in [7, 11) is 0.643. The fourth-order valence-electron chi connectivity index (χ4n) is 3.02. The molecule has 0 saturated carbocycles. The van der Waals surface area contributed by atoms with Gasteiger partial charge in [0.1, 0.15) is 8.07 Å². The van der Waals surface area contributed by atoms with Crippen molar-refractivity contribution in [2.75, 3.05) is 11.9 Å². The predicted octanol–water partition coefficient (Wildman–Crippen LogP) is 2.90. The summed E-state index contributed by atoms with van der Waals surface area (Å²) in [6.45, 7) is 7.07. The molecule has 0 unspecified atom stereocenters. The monoisotopic (exact) mass is 253 g/mol. The first-order chi connectivity index (χ1) is 8.51. The minimum atomic E-state index is -1.54. The van der Waals surface area contributed by atoms with Crippen molar-refractivity contribution in [3.8, 4) is 0 Å². The van der Waals surface area contributed by atoms with E-state index in [1.165, 1.54) is 16.9 Å². The van der Waals surface area contributed by atoms with Crippen LogP contribution in [0.15, 0.2) is 42.5 Å². The molecule has 1 heterocycles. The molecular formula is C16H19NSi. The van der Waals surface area contributed by atoms with E-state index in [0.717, 1.165) is 0 Å². The highest BCUT2D eigenvalue weighted by Crippen LogP contribution is 2.30. The number of hydrogen-bond acceptors (Lipinski definition) is 1. The normalized spacial score (nSPS) is 16.1. The Kier molecular flexibility index (Phi) is 2.39. The Morgan fingerprint density at radius 2 is 1.56 bits per heavy atom. The summed E-state index contributed by atoms with van der Waals surface area (Å²) < 4.78 is 0. The average Bonchev–Trinajstić information content (AvgIpc) is 2.36. The van der Waals surface area contributed by atoms with Crippen molar-refractivity contribution < 1.29 is 0 Å². The SMILES string of the molecule is Cc1ccc2c(c1)N(C)c1ccccc1[Si]2(C)C. The molecule has 0 aromatic heterocycles. The molecule has 0 atom stereocenters. The lowest BCUT2D eigenvalue weighted by Crippen LogP contribution is -2.58. The average molecular weight is 253 g/mol. The maximum atomic E-state index is 2.45. The van der Waals surface area contributed by atoms with Gasteiger partial charge in [0, 0.05) is 18.4 Å². The van der Waals surface area contributed by atoms with Crippen molar-refractivity contribution >= 4 is 29.8 Å². The van der Waals surface area contributed by atoms with Gasteiger partial charge in [-0.2, -0.15) is 0 Å². The van der Waals surface area contributed by atoms with Crippen LogP contribution in [0.5, 0.6) is 0 Å². The minimum Gasteiger partial charge on any atom is -0.345 e. The van der Waals surface area contributed by atoms with E-state index in [2.05, 4.69) is 74.4 Å². The van der Waals surface area contributed by atoms with Crippen molar-refractivity contribution in [3.05, 3.63) is 48.0 Å². The first kappa shape index (κ1) is 11.5. The smallest absolute Gasteiger partial charge is 0.117 e. The van der Waals surface area contributed by atoms with E-state index < -0.39 is 8.07 Å². The molecule has 0 aliphatic carbocycles. The lowest BCUT2D eigenvalue weighted by molar-refractivity contribution is 1.20.